The summed E-state index contributed by atoms with van der Waals surface area (Å²) >= 11 is 5.06. The van der Waals surface area contributed by atoms with E-state index < -0.39 is 6.10 Å². The van der Waals surface area contributed by atoms with Crippen LogP contribution in [0.3, 0.4) is 0 Å². The zero-order valence-corrected chi connectivity index (χ0v) is 12.0. The fraction of sp³-hybridized carbons (Fsp3) is 0.231. The van der Waals surface area contributed by atoms with Crippen LogP contribution in [0.25, 0.3) is 0 Å². The van der Waals surface area contributed by atoms with Gasteiger partial charge in [0.2, 0.25) is 0 Å². The molecule has 0 saturated heterocycles. The Morgan fingerprint density at radius 3 is 2.71 bits per heavy atom. The van der Waals surface area contributed by atoms with Crippen molar-refractivity contribution in [3.63, 3.8) is 0 Å². The zero-order valence-electron chi connectivity index (χ0n) is 9.61. The molecule has 90 valence electrons. The second-order valence-electron chi connectivity index (χ2n) is 3.74. The van der Waals surface area contributed by atoms with Gasteiger partial charge in [-0.1, -0.05) is 12.1 Å². The Kier molecular flexibility index (Phi) is 3.86. The Hall–Kier alpha value is -0.840. The van der Waals surface area contributed by atoms with Gasteiger partial charge < -0.3 is 9.84 Å². The van der Waals surface area contributed by atoms with Crippen molar-refractivity contribution < 1.29 is 9.84 Å². The predicted octanol–water partition coefficient (Wildman–Crippen LogP) is 3.91. The number of methoxy groups -OCH3 is 1. The van der Waals surface area contributed by atoms with Crippen molar-refractivity contribution in [3.8, 4) is 5.75 Å². The molecule has 0 saturated carbocycles. The summed E-state index contributed by atoms with van der Waals surface area (Å²) in [5.41, 5.74) is 1.79. The van der Waals surface area contributed by atoms with Gasteiger partial charge in [0.05, 0.1) is 10.9 Å². The molecular weight excluding hydrogens is 300 g/mol. The lowest BCUT2D eigenvalue weighted by Gasteiger charge is -2.11. The number of aliphatic hydroxyl groups is 1. The van der Waals surface area contributed by atoms with Crippen molar-refractivity contribution in [3.05, 3.63) is 50.1 Å². The summed E-state index contributed by atoms with van der Waals surface area (Å²) in [6.07, 6.45) is -0.604. The molecular formula is C13H13BrO2S. The molecule has 4 heteroatoms. The molecule has 1 N–H and O–H groups in total. The Morgan fingerprint density at radius 1 is 1.35 bits per heavy atom. The molecule has 0 radical (unpaired) electrons. The minimum Gasteiger partial charge on any atom is -0.497 e. The lowest BCUT2D eigenvalue weighted by molar-refractivity contribution is 0.219. The van der Waals surface area contributed by atoms with Crippen LogP contribution < -0.4 is 4.74 Å². The molecule has 1 atom stereocenters. The molecule has 1 heterocycles. The summed E-state index contributed by atoms with van der Waals surface area (Å²) in [5.74, 6) is 0.758. The van der Waals surface area contributed by atoms with Crippen LogP contribution in [0.5, 0.6) is 5.75 Å². The van der Waals surface area contributed by atoms with E-state index in [-0.39, 0.29) is 0 Å². The minimum atomic E-state index is -0.604. The molecule has 0 spiro atoms. The fourth-order valence-corrected chi connectivity index (χ4v) is 3.46. The standard InChI is InChI=1S/C13H13BrO2S/c1-8-11(7-12(14)17-8)13(15)9-4-3-5-10(6-9)16-2/h3-7,13,15H,1-2H3. The van der Waals surface area contributed by atoms with Crippen LogP contribution in [0.1, 0.15) is 22.1 Å². The first-order valence-corrected chi connectivity index (χ1v) is 6.80. The molecule has 1 aromatic carbocycles. The van der Waals surface area contributed by atoms with Crippen molar-refractivity contribution in [2.45, 2.75) is 13.0 Å². The van der Waals surface area contributed by atoms with Crippen LogP contribution in [-0.2, 0) is 0 Å². The number of benzene rings is 1. The van der Waals surface area contributed by atoms with Gasteiger partial charge in [-0.25, -0.2) is 0 Å². The summed E-state index contributed by atoms with van der Waals surface area (Å²) in [4.78, 5) is 1.12. The van der Waals surface area contributed by atoms with Crippen molar-refractivity contribution in [2.24, 2.45) is 0 Å². The molecule has 0 amide bonds. The summed E-state index contributed by atoms with van der Waals surface area (Å²) in [6, 6.07) is 9.47. The highest BCUT2D eigenvalue weighted by atomic mass is 79.9. The van der Waals surface area contributed by atoms with E-state index in [1.807, 2.05) is 37.3 Å². The van der Waals surface area contributed by atoms with E-state index >= 15 is 0 Å². The maximum Gasteiger partial charge on any atom is 0.119 e. The van der Waals surface area contributed by atoms with Crippen molar-refractivity contribution in [2.75, 3.05) is 7.11 Å². The Balaban J connectivity index is 2.36. The molecule has 0 aliphatic rings. The molecule has 1 aromatic heterocycles. The van der Waals surface area contributed by atoms with E-state index in [1.165, 1.54) is 0 Å². The van der Waals surface area contributed by atoms with E-state index in [2.05, 4.69) is 15.9 Å². The largest absolute Gasteiger partial charge is 0.497 e. The molecule has 2 nitrogen and oxygen atoms in total. The van der Waals surface area contributed by atoms with Gasteiger partial charge in [-0.15, -0.1) is 11.3 Å². The Morgan fingerprint density at radius 2 is 2.12 bits per heavy atom. The molecule has 0 aliphatic heterocycles. The Labute approximate surface area is 113 Å². The molecule has 0 aliphatic carbocycles. The van der Waals surface area contributed by atoms with Gasteiger partial charge in [0.15, 0.2) is 0 Å². The van der Waals surface area contributed by atoms with Crippen LogP contribution in [0, 0.1) is 6.92 Å². The van der Waals surface area contributed by atoms with Gasteiger partial charge in [-0.2, -0.15) is 0 Å². The monoisotopic (exact) mass is 312 g/mol. The van der Waals surface area contributed by atoms with Crippen molar-refractivity contribution in [1.29, 1.82) is 0 Å². The van der Waals surface area contributed by atoms with Crippen LogP contribution in [0.2, 0.25) is 0 Å². The van der Waals surface area contributed by atoms with Crippen LogP contribution >= 0.6 is 27.3 Å². The number of hydrogen-bond acceptors (Lipinski definition) is 3. The van der Waals surface area contributed by atoms with E-state index in [1.54, 1.807) is 18.4 Å². The number of thiophene rings is 1. The summed E-state index contributed by atoms with van der Waals surface area (Å²) in [7, 11) is 1.62. The second kappa shape index (κ2) is 5.21. The van der Waals surface area contributed by atoms with Gasteiger partial charge in [0.25, 0.3) is 0 Å². The number of aliphatic hydroxyl groups excluding tert-OH is 1. The van der Waals surface area contributed by atoms with E-state index in [0.717, 1.165) is 25.5 Å². The predicted molar refractivity (Wildman–Crippen MR) is 73.8 cm³/mol. The molecule has 1 unspecified atom stereocenters. The van der Waals surface area contributed by atoms with Gasteiger partial charge in [0.1, 0.15) is 11.9 Å². The van der Waals surface area contributed by atoms with Crippen LogP contribution in [0.15, 0.2) is 34.1 Å². The maximum atomic E-state index is 10.3. The van der Waals surface area contributed by atoms with Gasteiger partial charge in [0, 0.05) is 4.88 Å². The normalized spacial score (nSPS) is 12.5. The van der Waals surface area contributed by atoms with Gasteiger partial charge in [-0.05, 0) is 52.2 Å². The van der Waals surface area contributed by atoms with E-state index in [4.69, 9.17) is 4.74 Å². The first-order chi connectivity index (χ1) is 8.11. The number of hydrogen-bond donors (Lipinski definition) is 1. The van der Waals surface area contributed by atoms with Crippen molar-refractivity contribution in [1.82, 2.24) is 0 Å². The van der Waals surface area contributed by atoms with Gasteiger partial charge in [-0.3, -0.25) is 0 Å². The number of ether oxygens (including phenoxy) is 1. The smallest absolute Gasteiger partial charge is 0.119 e. The summed E-state index contributed by atoms with van der Waals surface area (Å²) in [5, 5.41) is 10.3. The van der Waals surface area contributed by atoms with E-state index in [9.17, 15) is 5.11 Å². The topological polar surface area (TPSA) is 29.5 Å². The Bertz CT molecular complexity index is 522. The van der Waals surface area contributed by atoms with Gasteiger partial charge >= 0.3 is 0 Å². The SMILES string of the molecule is COc1cccc(C(O)c2cc(Br)sc2C)c1. The second-order valence-corrected chi connectivity index (χ2v) is 6.38. The maximum absolute atomic E-state index is 10.3. The highest BCUT2D eigenvalue weighted by molar-refractivity contribution is 9.11. The lowest BCUT2D eigenvalue weighted by atomic mass is 10.0. The quantitative estimate of drug-likeness (QED) is 0.931. The highest BCUT2D eigenvalue weighted by Gasteiger charge is 2.15. The zero-order chi connectivity index (χ0) is 12.4. The van der Waals surface area contributed by atoms with Crippen LogP contribution in [-0.4, -0.2) is 12.2 Å². The third-order valence-corrected chi connectivity index (χ3v) is 4.20. The lowest BCUT2D eigenvalue weighted by Crippen LogP contribution is -1.99. The number of aryl methyl sites for hydroxylation is 1. The fourth-order valence-electron chi connectivity index (χ4n) is 1.72. The first-order valence-electron chi connectivity index (χ1n) is 5.19. The number of halogens is 1. The average Bonchev–Trinajstić information content (AvgIpc) is 2.67. The third kappa shape index (κ3) is 2.70. The molecule has 2 aromatic rings. The molecule has 0 bridgehead atoms. The molecule has 0 fully saturated rings. The average molecular weight is 313 g/mol. The molecule has 2 rings (SSSR count). The third-order valence-electron chi connectivity index (χ3n) is 2.63. The number of rotatable bonds is 3. The summed E-state index contributed by atoms with van der Waals surface area (Å²) in [6.45, 7) is 2.01. The van der Waals surface area contributed by atoms with Crippen molar-refractivity contribution >= 4 is 27.3 Å². The minimum absolute atomic E-state index is 0.604. The first kappa shape index (κ1) is 12.6. The summed E-state index contributed by atoms with van der Waals surface area (Å²) < 4.78 is 6.19. The van der Waals surface area contributed by atoms with E-state index in [0.29, 0.717) is 0 Å². The highest BCUT2D eigenvalue weighted by Crippen LogP contribution is 2.34. The molecule has 17 heavy (non-hydrogen) atoms. The van der Waals surface area contributed by atoms with Crippen LogP contribution in [0.4, 0.5) is 0 Å².